The van der Waals surface area contributed by atoms with Crippen molar-refractivity contribution in [3.63, 3.8) is 0 Å². The maximum absolute atomic E-state index is 12.0. The van der Waals surface area contributed by atoms with Crippen LogP contribution in [0.1, 0.15) is 18.5 Å². The van der Waals surface area contributed by atoms with Crippen LogP contribution in [0.15, 0.2) is 41.7 Å². The molecule has 1 amide bonds. The average molecular weight is 260 g/mol. The van der Waals surface area contributed by atoms with Crippen LogP contribution in [0.3, 0.4) is 0 Å². The van der Waals surface area contributed by atoms with Crippen molar-refractivity contribution in [2.75, 3.05) is 13.1 Å². The summed E-state index contributed by atoms with van der Waals surface area (Å²) in [6.45, 7) is 1.91. The highest BCUT2D eigenvalue weighted by Gasteiger charge is 2.41. The molecule has 0 aromatic heterocycles. The van der Waals surface area contributed by atoms with Crippen molar-refractivity contribution in [3.8, 4) is 0 Å². The van der Waals surface area contributed by atoms with Crippen molar-refractivity contribution in [3.05, 3.63) is 47.2 Å². The van der Waals surface area contributed by atoms with E-state index in [0.29, 0.717) is 6.54 Å². The van der Waals surface area contributed by atoms with Crippen LogP contribution in [-0.2, 0) is 9.59 Å². The fourth-order valence-electron chi connectivity index (χ4n) is 2.36. The predicted molar refractivity (Wildman–Crippen MR) is 70.3 cm³/mol. The number of aliphatic hydroxyl groups excluding tert-OH is 1. The van der Waals surface area contributed by atoms with E-state index in [2.05, 4.69) is 0 Å². The number of hydrogen-bond acceptors (Lipinski definition) is 4. The minimum absolute atomic E-state index is 0.143. The maximum atomic E-state index is 12.0. The molecule has 0 saturated carbocycles. The number of Topliss-reactive ketones (excluding diaryl/α,β-unsaturated/α-hetero) is 1. The van der Waals surface area contributed by atoms with Crippen molar-refractivity contribution >= 4 is 11.7 Å². The molecule has 5 heteroatoms. The number of hydrogen-bond donors (Lipinski definition) is 2. The number of nitrogens with zero attached hydrogens (tertiary/aromatic N) is 1. The van der Waals surface area contributed by atoms with Gasteiger partial charge < -0.3 is 15.7 Å². The fraction of sp³-hybridized carbons (Fsp3) is 0.286. The number of amides is 1. The van der Waals surface area contributed by atoms with Crippen LogP contribution in [0, 0.1) is 0 Å². The molecule has 1 atom stereocenters. The Labute approximate surface area is 111 Å². The zero-order valence-electron chi connectivity index (χ0n) is 10.7. The predicted octanol–water partition coefficient (Wildman–Crippen LogP) is 0.930. The van der Waals surface area contributed by atoms with Gasteiger partial charge in [0, 0.05) is 13.1 Å². The SMILES string of the molecule is CC(=O)C1=C(O)C(=O)N(CCN)C1c1ccccc1. The quantitative estimate of drug-likeness (QED) is 0.843. The number of aliphatic hydroxyl groups is 1. The second-order valence-corrected chi connectivity index (χ2v) is 4.42. The Morgan fingerprint density at radius 1 is 1.37 bits per heavy atom. The first-order valence-electron chi connectivity index (χ1n) is 6.08. The van der Waals surface area contributed by atoms with Gasteiger partial charge in [-0.2, -0.15) is 0 Å². The van der Waals surface area contributed by atoms with Gasteiger partial charge in [0.05, 0.1) is 11.6 Å². The first kappa shape index (κ1) is 13.3. The Bertz CT molecular complexity index is 537. The lowest BCUT2D eigenvalue weighted by Crippen LogP contribution is -2.35. The Morgan fingerprint density at radius 3 is 2.53 bits per heavy atom. The minimum atomic E-state index is -0.547. The van der Waals surface area contributed by atoms with Gasteiger partial charge in [0.2, 0.25) is 0 Å². The lowest BCUT2D eigenvalue weighted by atomic mass is 9.97. The van der Waals surface area contributed by atoms with Gasteiger partial charge in [0.1, 0.15) is 0 Å². The van der Waals surface area contributed by atoms with Gasteiger partial charge in [-0.1, -0.05) is 30.3 Å². The summed E-state index contributed by atoms with van der Waals surface area (Å²) < 4.78 is 0. The molecule has 1 unspecified atom stereocenters. The van der Waals surface area contributed by atoms with Crippen molar-refractivity contribution in [1.82, 2.24) is 4.90 Å². The van der Waals surface area contributed by atoms with E-state index in [4.69, 9.17) is 5.73 Å². The second kappa shape index (κ2) is 5.24. The molecule has 1 aliphatic rings. The topological polar surface area (TPSA) is 83.6 Å². The van der Waals surface area contributed by atoms with E-state index in [1.165, 1.54) is 11.8 Å². The summed E-state index contributed by atoms with van der Waals surface area (Å²) in [6, 6.07) is 8.60. The number of carbonyl (C=O) groups excluding carboxylic acids is 2. The van der Waals surface area contributed by atoms with E-state index in [1.807, 2.05) is 30.3 Å². The van der Waals surface area contributed by atoms with Crippen LogP contribution < -0.4 is 5.73 Å². The van der Waals surface area contributed by atoms with Gasteiger partial charge in [-0.15, -0.1) is 0 Å². The highest BCUT2D eigenvalue weighted by Crippen LogP contribution is 2.36. The van der Waals surface area contributed by atoms with E-state index in [9.17, 15) is 14.7 Å². The molecule has 1 aliphatic heterocycles. The Kier molecular flexibility index (Phi) is 3.66. The van der Waals surface area contributed by atoms with Gasteiger partial charge in [0.15, 0.2) is 11.5 Å². The third-order valence-corrected chi connectivity index (χ3v) is 3.17. The maximum Gasteiger partial charge on any atom is 0.290 e. The molecule has 1 heterocycles. The van der Waals surface area contributed by atoms with E-state index in [-0.39, 0.29) is 17.9 Å². The summed E-state index contributed by atoms with van der Waals surface area (Å²) in [5.41, 5.74) is 6.43. The summed E-state index contributed by atoms with van der Waals surface area (Å²) in [6.07, 6.45) is 0. The Morgan fingerprint density at radius 2 is 2.00 bits per heavy atom. The summed E-state index contributed by atoms with van der Waals surface area (Å²) in [5.74, 6) is -1.31. The van der Waals surface area contributed by atoms with Crippen LogP contribution in [0.4, 0.5) is 0 Å². The summed E-state index contributed by atoms with van der Waals surface area (Å²) in [5, 5.41) is 9.88. The summed E-state index contributed by atoms with van der Waals surface area (Å²) in [4.78, 5) is 25.1. The van der Waals surface area contributed by atoms with Gasteiger partial charge in [-0.05, 0) is 12.5 Å². The second-order valence-electron chi connectivity index (χ2n) is 4.42. The van der Waals surface area contributed by atoms with Gasteiger partial charge >= 0.3 is 0 Å². The molecule has 1 aromatic rings. The average Bonchev–Trinajstić information content (AvgIpc) is 2.65. The van der Waals surface area contributed by atoms with Crippen molar-refractivity contribution in [1.29, 1.82) is 0 Å². The minimum Gasteiger partial charge on any atom is -0.503 e. The first-order valence-corrected chi connectivity index (χ1v) is 6.08. The molecular weight excluding hydrogens is 244 g/mol. The molecular formula is C14H16N2O3. The largest absolute Gasteiger partial charge is 0.503 e. The van der Waals surface area contributed by atoms with Crippen molar-refractivity contribution < 1.29 is 14.7 Å². The van der Waals surface area contributed by atoms with Crippen LogP contribution in [0.25, 0.3) is 0 Å². The van der Waals surface area contributed by atoms with E-state index in [0.717, 1.165) is 5.56 Å². The molecule has 0 radical (unpaired) electrons. The number of ketones is 1. The molecule has 0 spiro atoms. The third-order valence-electron chi connectivity index (χ3n) is 3.17. The molecule has 3 N–H and O–H groups in total. The van der Waals surface area contributed by atoms with Crippen molar-refractivity contribution in [2.24, 2.45) is 5.73 Å². The zero-order chi connectivity index (χ0) is 14.0. The number of rotatable bonds is 4. The standard InChI is InChI=1S/C14H16N2O3/c1-9(17)11-12(10-5-3-2-4-6-10)16(8-7-15)14(19)13(11)18/h2-6,12,18H,7-8,15H2,1H3. The van der Waals surface area contributed by atoms with Crippen LogP contribution in [0.5, 0.6) is 0 Å². The van der Waals surface area contributed by atoms with Crippen LogP contribution in [0.2, 0.25) is 0 Å². The molecule has 19 heavy (non-hydrogen) atoms. The van der Waals surface area contributed by atoms with Crippen LogP contribution in [-0.4, -0.2) is 34.8 Å². The third kappa shape index (κ3) is 2.24. The molecule has 5 nitrogen and oxygen atoms in total. The molecule has 2 rings (SSSR count). The Hall–Kier alpha value is -2.14. The van der Waals surface area contributed by atoms with E-state index in [1.54, 1.807) is 0 Å². The lowest BCUT2D eigenvalue weighted by molar-refractivity contribution is -0.129. The molecule has 100 valence electrons. The van der Waals surface area contributed by atoms with Gasteiger partial charge in [-0.3, -0.25) is 9.59 Å². The number of carbonyl (C=O) groups is 2. The van der Waals surface area contributed by atoms with E-state index >= 15 is 0 Å². The number of nitrogens with two attached hydrogens (primary N) is 1. The lowest BCUT2D eigenvalue weighted by Gasteiger charge is -2.25. The van der Waals surface area contributed by atoms with Crippen LogP contribution >= 0.6 is 0 Å². The van der Waals surface area contributed by atoms with E-state index < -0.39 is 17.7 Å². The summed E-state index contributed by atoms with van der Waals surface area (Å²) in [7, 11) is 0. The van der Waals surface area contributed by atoms with Gasteiger partial charge in [0.25, 0.3) is 5.91 Å². The molecule has 0 saturated heterocycles. The molecule has 0 bridgehead atoms. The molecule has 0 aliphatic carbocycles. The normalized spacial score (nSPS) is 19.2. The highest BCUT2D eigenvalue weighted by molar-refractivity contribution is 6.08. The first-order chi connectivity index (χ1) is 9.07. The van der Waals surface area contributed by atoms with Crippen molar-refractivity contribution in [2.45, 2.75) is 13.0 Å². The smallest absolute Gasteiger partial charge is 0.290 e. The highest BCUT2D eigenvalue weighted by atomic mass is 16.3. The monoisotopic (exact) mass is 260 g/mol. The van der Waals surface area contributed by atoms with Gasteiger partial charge in [-0.25, -0.2) is 0 Å². The Balaban J connectivity index is 2.51. The summed E-state index contributed by atoms with van der Waals surface area (Å²) >= 11 is 0. The fourth-order valence-corrected chi connectivity index (χ4v) is 2.36. The number of benzene rings is 1. The molecule has 1 aromatic carbocycles. The molecule has 0 fully saturated rings. The zero-order valence-corrected chi connectivity index (χ0v) is 10.7.